The summed E-state index contributed by atoms with van der Waals surface area (Å²) in [6.07, 6.45) is 4.49. The van der Waals surface area contributed by atoms with Gasteiger partial charge in [-0.3, -0.25) is 4.99 Å². The van der Waals surface area contributed by atoms with Gasteiger partial charge in [-0.15, -0.1) is 24.8 Å². The summed E-state index contributed by atoms with van der Waals surface area (Å²) in [7, 11) is 0. The van der Waals surface area contributed by atoms with Crippen molar-refractivity contribution in [2.45, 2.75) is 24.5 Å². The summed E-state index contributed by atoms with van der Waals surface area (Å²) in [5.74, 6) is -0.780. The molecule has 1 aliphatic carbocycles. The molecule has 1 aromatic heterocycles. The minimum absolute atomic E-state index is 0. The Morgan fingerprint density at radius 2 is 1.85 bits per heavy atom. The number of nitrogens with zero attached hydrogens (tertiary/aromatic N) is 3. The van der Waals surface area contributed by atoms with Crippen molar-refractivity contribution >= 4 is 41.7 Å². The quantitative estimate of drug-likeness (QED) is 0.757. The fourth-order valence-corrected chi connectivity index (χ4v) is 4.83. The average molecular weight is 435 g/mol. The number of nitrogens with two attached hydrogens (primary N) is 1. The molecule has 3 unspecified atom stereocenters. The van der Waals surface area contributed by atoms with Gasteiger partial charge >= 0.3 is 0 Å². The molecule has 0 spiro atoms. The Kier molecular flexibility index (Phi) is 6.68. The van der Waals surface area contributed by atoms with Gasteiger partial charge in [0.1, 0.15) is 18.0 Å². The molecule has 3 N–H and O–H groups in total. The van der Waals surface area contributed by atoms with Crippen LogP contribution >= 0.6 is 36.6 Å². The van der Waals surface area contributed by atoms with E-state index in [0.717, 1.165) is 6.07 Å². The molecule has 2 aliphatic rings. The van der Waals surface area contributed by atoms with Crippen LogP contribution in [0.5, 0.6) is 0 Å². The number of aromatic nitrogens is 2. The maximum Gasteiger partial charge on any atom is 0.154 e. The first-order valence-corrected chi connectivity index (χ1v) is 8.89. The molecule has 0 amide bonds. The highest BCUT2D eigenvalue weighted by molar-refractivity contribution is 8.13. The third-order valence-corrected chi connectivity index (χ3v) is 5.87. The highest BCUT2D eigenvalue weighted by Crippen LogP contribution is 2.52. The minimum atomic E-state index is -0.961. The predicted molar refractivity (Wildman–Crippen MR) is 106 cm³/mol. The van der Waals surface area contributed by atoms with Gasteiger partial charge in [-0.05, 0) is 12.5 Å². The molecule has 0 saturated heterocycles. The Morgan fingerprint density at radius 1 is 1.15 bits per heavy atom. The van der Waals surface area contributed by atoms with Crippen LogP contribution in [0.15, 0.2) is 35.8 Å². The van der Waals surface area contributed by atoms with Gasteiger partial charge in [0.25, 0.3) is 0 Å². The summed E-state index contributed by atoms with van der Waals surface area (Å²) in [5, 5.41) is 10.5. The molecule has 1 aliphatic heterocycles. The lowest BCUT2D eigenvalue weighted by atomic mass is 9.80. The first kappa shape index (κ1) is 21.8. The molecule has 2 heterocycles. The van der Waals surface area contributed by atoms with Gasteiger partial charge in [0, 0.05) is 53.2 Å². The maximum atomic E-state index is 14.7. The van der Waals surface area contributed by atoms with E-state index >= 15 is 0 Å². The highest BCUT2D eigenvalue weighted by Gasteiger charge is 2.51. The first-order valence-electron chi connectivity index (χ1n) is 7.90. The van der Waals surface area contributed by atoms with Crippen LogP contribution in [-0.4, -0.2) is 32.1 Å². The second kappa shape index (κ2) is 8.26. The van der Waals surface area contributed by atoms with Crippen molar-refractivity contribution < 1.29 is 13.9 Å². The fraction of sp³-hybridized carbons (Fsp3) is 0.353. The Balaban J connectivity index is 0.00000131. The Hall–Kier alpha value is -1.48. The van der Waals surface area contributed by atoms with Crippen LogP contribution in [-0.2, 0) is 5.54 Å². The zero-order chi connectivity index (χ0) is 17.6. The van der Waals surface area contributed by atoms with Crippen molar-refractivity contribution in [3.8, 4) is 11.1 Å². The SMILES string of the molecule is Cl.Cl.NC1=NC2(c3cc(-c4cncnc4)c(F)cc3F)CC(O)CC2CS1. The van der Waals surface area contributed by atoms with Crippen molar-refractivity contribution in [3.05, 3.63) is 48.1 Å². The molecule has 1 fully saturated rings. The molecule has 1 aromatic carbocycles. The van der Waals surface area contributed by atoms with Crippen LogP contribution in [0.4, 0.5) is 8.78 Å². The minimum Gasteiger partial charge on any atom is -0.393 e. The number of halogens is 4. The first-order chi connectivity index (χ1) is 12.0. The number of thioether (sulfide) groups is 1. The lowest BCUT2D eigenvalue weighted by Gasteiger charge is -2.36. The smallest absolute Gasteiger partial charge is 0.154 e. The van der Waals surface area contributed by atoms with Crippen molar-refractivity contribution in [2.75, 3.05) is 5.75 Å². The van der Waals surface area contributed by atoms with Gasteiger partial charge in [0.05, 0.1) is 11.6 Å². The molecule has 1 saturated carbocycles. The second-order valence-electron chi connectivity index (χ2n) is 6.41. The Morgan fingerprint density at radius 3 is 2.56 bits per heavy atom. The Bertz CT molecular complexity index is 858. The van der Waals surface area contributed by atoms with Crippen molar-refractivity contribution in [1.82, 2.24) is 9.97 Å². The van der Waals surface area contributed by atoms with Gasteiger partial charge in [-0.2, -0.15) is 0 Å². The van der Waals surface area contributed by atoms with Crippen LogP contribution in [0.1, 0.15) is 18.4 Å². The van der Waals surface area contributed by atoms with E-state index in [0.29, 0.717) is 22.9 Å². The number of rotatable bonds is 2. The lowest BCUT2D eigenvalue weighted by Crippen LogP contribution is -2.37. The average Bonchev–Trinajstić information content (AvgIpc) is 2.91. The molecule has 5 nitrogen and oxygen atoms in total. The largest absolute Gasteiger partial charge is 0.393 e. The topological polar surface area (TPSA) is 84.4 Å². The predicted octanol–water partition coefficient (Wildman–Crippen LogP) is 3.29. The third kappa shape index (κ3) is 3.76. The normalized spacial score (nSPS) is 26.4. The summed E-state index contributed by atoms with van der Waals surface area (Å²) < 4.78 is 29.1. The molecule has 27 heavy (non-hydrogen) atoms. The maximum absolute atomic E-state index is 14.7. The van der Waals surface area contributed by atoms with Gasteiger partial charge in [0.2, 0.25) is 0 Å². The highest BCUT2D eigenvalue weighted by atomic mass is 35.5. The van der Waals surface area contributed by atoms with E-state index in [2.05, 4.69) is 15.0 Å². The number of amidine groups is 1. The van der Waals surface area contributed by atoms with E-state index in [1.807, 2.05) is 0 Å². The summed E-state index contributed by atoms with van der Waals surface area (Å²) >= 11 is 1.40. The second-order valence-corrected chi connectivity index (χ2v) is 7.46. The zero-order valence-corrected chi connectivity index (χ0v) is 16.5. The van der Waals surface area contributed by atoms with Crippen molar-refractivity contribution in [3.63, 3.8) is 0 Å². The van der Waals surface area contributed by atoms with E-state index in [1.54, 1.807) is 0 Å². The molecular weight excluding hydrogens is 417 g/mol. The molecule has 2 aromatic rings. The number of fused-ring (bicyclic) bond motifs is 1. The van der Waals surface area contributed by atoms with Gasteiger partial charge in [-0.1, -0.05) is 11.8 Å². The number of benzene rings is 1. The van der Waals surface area contributed by atoms with Gasteiger partial charge < -0.3 is 10.8 Å². The fourth-order valence-electron chi connectivity index (χ4n) is 3.82. The van der Waals surface area contributed by atoms with Crippen LogP contribution in [0.2, 0.25) is 0 Å². The van der Waals surface area contributed by atoms with E-state index in [4.69, 9.17) is 5.73 Å². The molecule has 10 heteroatoms. The number of aliphatic hydroxyl groups excluding tert-OH is 1. The van der Waals surface area contributed by atoms with Crippen molar-refractivity contribution in [2.24, 2.45) is 16.6 Å². The number of aliphatic hydroxyl groups is 1. The third-order valence-electron chi connectivity index (χ3n) is 4.92. The monoisotopic (exact) mass is 434 g/mol. The number of hydrogen-bond acceptors (Lipinski definition) is 6. The van der Waals surface area contributed by atoms with Crippen LogP contribution in [0.3, 0.4) is 0 Å². The molecule has 3 atom stereocenters. The molecule has 0 radical (unpaired) electrons. The summed E-state index contributed by atoms with van der Waals surface area (Å²) in [4.78, 5) is 12.3. The lowest BCUT2D eigenvalue weighted by molar-refractivity contribution is 0.173. The van der Waals surface area contributed by atoms with E-state index < -0.39 is 23.3 Å². The summed E-state index contributed by atoms with van der Waals surface area (Å²) in [6.45, 7) is 0. The molecule has 0 bridgehead atoms. The van der Waals surface area contributed by atoms with E-state index in [9.17, 15) is 13.9 Å². The van der Waals surface area contributed by atoms with Gasteiger partial charge in [0.15, 0.2) is 5.17 Å². The Labute approximate surface area is 171 Å². The molecule has 4 rings (SSSR count). The van der Waals surface area contributed by atoms with Crippen molar-refractivity contribution in [1.29, 1.82) is 0 Å². The van der Waals surface area contributed by atoms with Crippen LogP contribution < -0.4 is 5.73 Å². The number of aliphatic imine (C=N–C) groups is 1. The van der Waals surface area contributed by atoms with Crippen LogP contribution in [0.25, 0.3) is 11.1 Å². The summed E-state index contributed by atoms with van der Waals surface area (Å²) in [5.41, 5.74) is 5.86. The molecular formula is C17H18Cl2F2N4OS. The number of hydrogen-bond donors (Lipinski definition) is 2. The van der Waals surface area contributed by atoms with Gasteiger partial charge in [-0.25, -0.2) is 18.7 Å². The van der Waals surface area contributed by atoms with Crippen LogP contribution in [0, 0.1) is 17.6 Å². The van der Waals surface area contributed by atoms with E-state index in [1.165, 1.54) is 36.5 Å². The zero-order valence-electron chi connectivity index (χ0n) is 14.0. The summed E-state index contributed by atoms with van der Waals surface area (Å²) in [6, 6.07) is 2.32. The molecule has 146 valence electrons. The van der Waals surface area contributed by atoms with E-state index in [-0.39, 0.29) is 48.3 Å². The standard InChI is InChI=1S/C17H16F2N4OS.2ClH/c18-14-3-15(19)13(2-12(14)9-5-21-8-22-6-9)17-4-11(24)1-10(17)7-25-16(20)23-17;;/h2-3,5-6,8,10-11,24H,1,4,7H2,(H2,20,23);2*1H.